The largest absolute Gasteiger partial charge is 0.507 e. The Bertz CT molecular complexity index is 1590. The van der Waals surface area contributed by atoms with Gasteiger partial charge in [-0.25, -0.2) is 0 Å². The Hall–Kier alpha value is -3.17. The van der Waals surface area contributed by atoms with Gasteiger partial charge in [-0.05, 0) is 48.7 Å². The number of anilines is 1. The SMILES string of the molecule is Cc1ccc(C)c(/C(O)=C2\C(=O)C(=O)N(c3nnc(SCc4ccc(Cl)cc4Cl)s3)C2c2ccccc2)c1. The summed E-state index contributed by atoms with van der Waals surface area (Å²) in [4.78, 5) is 28.1. The molecule has 1 saturated heterocycles. The smallest absolute Gasteiger partial charge is 0.301 e. The first kappa shape index (κ1) is 26.4. The highest BCUT2D eigenvalue weighted by Crippen LogP contribution is 2.44. The molecule has 0 spiro atoms. The number of carbonyl (C=O) groups is 2. The molecule has 1 amide bonds. The number of hydrogen-bond donors (Lipinski definition) is 1. The summed E-state index contributed by atoms with van der Waals surface area (Å²) in [6.07, 6.45) is 0. The molecule has 0 bridgehead atoms. The quantitative estimate of drug-likeness (QED) is 0.0840. The number of thioether (sulfide) groups is 1. The number of aryl methyl sites for hydroxylation is 2. The zero-order valence-corrected chi connectivity index (χ0v) is 23.5. The van der Waals surface area contributed by atoms with Crippen LogP contribution in [0.1, 0.15) is 33.9 Å². The van der Waals surface area contributed by atoms with Gasteiger partial charge in [0.1, 0.15) is 5.76 Å². The molecule has 4 aromatic rings. The fraction of sp³-hybridized carbons (Fsp3) is 0.143. The average molecular weight is 583 g/mol. The first-order valence-electron chi connectivity index (χ1n) is 11.6. The van der Waals surface area contributed by atoms with E-state index in [2.05, 4.69) is 10.2 Å². The van der Waals surface area contributed by atoms with E-state index in [1.54, 1.807) is 12.1 Å². The molecule has 0 aliphatic carbocycles. The molecule has 1 unspecified atom stereocenters. The lowest BCUT2D eigenvalue weighted by Crippen LogP contribution is -2.29. The van der Waals surface area contributed by atoms with Gasteiger partial charge in [0.2, 0.25) is 5.13 Å². The van der Waals surface area contributed by atoms with Crippen LogP contribution >= 0.6 is 46.3 Å². The van der Waals surface area contributed by atoms with Crippen LogP contribution in [0, 0.1) is 13.8 Å². The zero-order valence-electron chi connectivity index (χ0n) is 20.3. The Kier molecular flexibility index (Phi) is 7.59. The number of hydrogen-bond acceptors (Lipinski definition) is 7. The minimum atomic E-state index is -0.854. The number of nitrogens with zero attached hydrogens (tertiary/aromatic N) is 3. The third kappa shape index (κ3) is 5.09. The third-order valence-electron chi connectivity index (χ3n) is 6.18. The molecular formula is C28H21Cl2N3O3S2. The van der Waals surface area contributed by atoms with E-state index in [9.17, 15) is 14.7 Å². The topological polar surface area (TPSA) is 83.4 Å². The highest BCUT2D eigenvalue weighted by molar-refractivity contribution is 8.00. The second kappa shape index (κ2) is 10.9. The predicted molar refractivity (Wildman–Crippen MR) is 153 cm³/mol. The summed E-state index contributed by atoms with van der Waals surface area (Å²) in [5.74, 6) is -1.22. The lowest BCUT2D eigenvalue weighted by molar-refractivity contribution is -0.132. The van der Waals surface area contributed by atoms with Gasteiger partial charge in [0.25, 0.3) is 5.78 Å². The molecule has 6 nitrogen and oxygen atoms in total. The molecule has 5 rings (SSSR count). The van der Waals surface area contributed by atoms with Crippen molar-refractivity contribution in [2.75, 3.05) is 4.90 Å². The van der Waals surface area contributed by atoms with Gasteiger partial charge in [0.05, 0.1) is 11.6 Å². The van der Waals surface area contributed by atoms with E-state index >= 15 is 0 Å². The summed E-state index contributed by atoms with van der Waals surface area (Å²) in [5.41, 5.74) is 3.81. The minimum absolute atomic E-state index is 0.0206. The molecule has 1 atom stereocenters. The van der Waals surface area contributed by atoms with Crippen molar-refractivity contribution in [3.8, 4) is 0 Å². The first-order valence-corrected chi connectivity index (χ1v) is 14.1. The molecule has 38 heavy (non-hydrogen) atoms. The highest BCUT2D eigenvalue weighted by atomic mass is 35.5. The van der Waals surface area contributed by atoms with Crippen molar-refractivity contribution in [1.82, 2.24) is 10.2 Å². The first-order chi connectivity index (χ1) is 18.2. The van der Waals surface area contributed by atoms with Gasteiger partial charge in [-0.2, -0.15) is 0 Å². The fourth-order valence-corrected chi connectivity index (χ4v) is 6.68. The van der Waals surface area contributed by atoms with Gasteiger partial charge in [-0.1, -0.05) is 100 Å². The van der Waals surface area contributed by atoms with Crippen LogP contribution in [-0.4, -0.2) is 27.0 Å². The number of halogens is 2. The Morgan fingerprint density at radius 2 is 1.79 bits per heavy atom. The van der Waals surface area contributed by atoms with Gasteiger partial charge in [-0.3, -0.25) is 14.5 Å². The maximum absolute atomic E-state index is 13.4. The van der Waals surface area contributed by atoms with Gasteiger partial charge in [-0.15, -0.1) is 10.2 Å². The van der Waals surface area contributed by atoms with Crippen molar-refractivity contribution in [2.24, 2.45) is 0 Å². The summed E-state index contributed by atoms with van der Waals surface area (Å²) in [6.45, 7) is 3.75. The normalized spacial score (nSPS) is 16.8. The van der Waals surface area contributed by atoms with E-state index in [4.69, 9.17) is 23.2 Å². The molecular weight excluding hydrogens is 561 g/mol. The van der Waals surface area contributed by atoms with E-state index in [-0.39, 0.29) is 16.5 Å². The standard InChI is InChI=1S/C28H21Cl2N3O3S2/c1-15-8-9-16(2)20(12-15)24(34)22-23(17-6-4-3-5-7-17)33(26(36)25(22)35)27-31-32-28(38-27)37-14-18-10-11-19(29)13-21(18)30/h3-13,23,34H,14H2,1-2H3/b24-22+. The molecule has 1 aromatic heterocycles. The maximum Gasteiger partial charge on any atom is 0.301 e. The zero-order chi connectivity index (χ0) is 27.0. The molecule has 192 valence electrons. The molecule has 1 aliphatic rings. The van der Waals surface area contributed by atoms with Crippen LogP contribution in [-0.2, 0) is 15.3 Å². The maximum atomic E-state index is 13.4. The highest BCUT2D eigenvalue weighted by Gasteiger charge is 2.48. The summed E-state index contributed by atoms with van der Waals surface area (Å²) in [6, 6.07) is 19.2. The molecule has 1 aliphatic heterocycles. The van der Waals surface area contributed by atoms with E-state index < -0.39 is 17.7 Å². The predicted octanol–water partition coefficient (Wildman–Crippen LogP) is 7.38. The summed E-state index contributed by atoms with van der Waals surface area (Å²) >= 11 is 14.9. The number of aliphatic hydroxyl groups is 1. The molecule has 3 aromatic carbocycles. The Morgan fingerprint density at radius 3 is 2.53 bits per heavy atom. The Morgan fingerprint density at radius 1 is 1.03 bits per heavy atom. The number of rotatable bonds is 6. The van der Waals surface area contributed by atoms with Crippen molar-refractivity contribution < 1.29 is 14.7 Å². The van der Waals surface area contributed by atoms with Crippen molar-refractivity contribution in [2.45, 2.75) is 30.0 Å². The second-order valence-electron chi connectivity index (χ2n) is 8.77. The van der Waals surface area contributed by atoms with E-state index in [0.717, 1.165) is 16.7 Å². The number of aliphatic hydroxyl groups excluding tert-OH is 1. The van der Waals surface area contributed by atoms with E-state index in [1.807, 2.05) is 68.4 Å². The van der Waals surface area contributed by atoms with Crippen LogP contribution in [0.4, 0.5) is 5.13 Å². The number of amides is 1. The molecule has 1 N–H and O–H groups in total. The fourth-order valence-electron chi connectivity index (χ4n) is 4.25. The van der Waals surface area contributed by atoms with Crippen LogP contribution in [0.5, 0.6) is 0 Å². The van der Waals surface area contributed by atoms with Gasteiger partial charge in [0.15, 0.2) is 4.34 Å². The lowest BCUT2D eigenvalue weighted by Gasteiger charge is -2.22. The number of aromatic nitrogens is 2. The van der Waals surface area contributed by atoms with Crippen molar-refractivity contribution in [3.05, 3.63) is 110 Å². The molecule has 1 fully saturated rings. The lowest BCUT2D eigenvalue weighted by atomic mass is 9.93. The Labute approximate surface area is 237 Å². The molecule has 2 heterocycles. The molecule has 0 radical (unpaired) electrons. The van der Waals surface area contributed by atoms with Crippen LogP contribution in [0.15, 0.2) is 76.6 Å². The molecule has 0 saturated carbocycles. The number of ketones is 1. The van der Waals surface area contributed by atoms with Crippen LogP contribution in [0.3, 0.4) is 0 Å². The number of Topliss-reactive ketones (excluding diaryl/α,β-unsaturated/α-hetero) is 1. The Balaban J connectivity index is 1.54. The van der Waals surface area contributed by atoms with Gasteiger partial charge in [0, 0.05) is 21.4 Å². The monoisotopic (exact) mass is 581 g/mol. The summed E-state index contributed by atoms with van der Waals surface area (Å²) < 4.78 is 0.606. The summed E-state index contributed by atoms with van der Waals surface area (Å²) in [7, 11) is 0. The third-order valence-corrected chi connectivity index (χ3v) is 8.87. The van der Waals surface area contributed by atoms with E-state index in [1.165, 1.54) is 28.0 Å². The molecule has 10 heteroatoms. The van der Waals surface area contributed by atoms with E-state index in [0.29, 0.717) is 31.3 Å². The summed E-state index contributed by atoms with van der Waals surface area (Å²) in [5, 5.41) is 21.3. The minimum Gasteiger partial charge on any atom is -0.507 e. The van der Waals surface area contributed by atoms with Crippen molar-refractivity contribution >= 4 is 68.9 Å². The second-order valence-corrected chi connectivity index (χ2v) is 11.8. The van der Waals surface area contributed by atoms with Crippen LogP contribution in [0.2, 0.25) is 10.0 Å². The van der Waals surface area contributed by atoms with Crippen molar-refractivity contribution in [1.29, 1.82) is 0 Å². The van der Waals surface area contributed by atoms with Crippen LogP contribution in [0.25, 0.3) is 5.76 Å². The average Bonchev–Trinajstić information content (AvgIpc) is 3.47. The van der Waals surface area contributed by atoms with Crippen molar-refractivity contribution in [3.63, 3.8) is 0 Å². The van der Waals surface area contributed by atoms with Gasteiger partial charge < -0.3 is 5.11 Å². The number of carbonyl (C=O) groups excluding carboxylic acids is 2. The number of benzene rings is 3. The van der Waals surface area contributed by atoms with Crippen LogP contribution < -0.4 is 4.90 Å². The van der Waals surface area contributed by atoms with Gasteiger partial charge >= 0.3 is 5.91 Å².